The van der Waals surface area contributed by atoms with Gasteiger partial charge in [0.2, 0.25) is 0 Å². The number of nitrogens with zero attached hydrogens (tertiary/aromatic N) is 1. The summed E-state index contributed by atoms with van der Waals surface area (Å²) in [6.07, 6.45) is 3.05. The summed E-state index contributed by atoms with van der Waals surface area (Å²) in [5.41, 5.74) is 2.81. The molecule has 0 aliphatic heterocycles. The molecule has 7 nitrogen and oxygen atoms in total. The standard InChI is InChI=1S/C29H21N3O4.CHCl3/c1-36-29(35)23-11-6-5-8-20(23)14-15-24-25(31-27(33)21-9-3-2-4-10-21)12-7-13-26(24)32-28(34)22-16-18-30-19-17-22;2-1(3)4/h2-13,16-19H,1H3,(H,31,33)(H,32,34);1H. The fraction of sp³-hybridized carbons (Fsp3) is 0.0667. The third-order valence-electron chi connectivity index (χ3n) is 5.19. The number of alkyl halides is 3. The van der Waals surface area contributed by atoms with Crippen molar-refractivity contribution in [2.24, 2.45) is 0 Å². The Balaban J connectivity index is 0.00000103. The van der Waals surface area contributed by atoms with E-state index in [9.17, 15) is 14.4 Å². The summed E-state index contributed by atoms with van der Waals surface area (Å²) in [7, 11) is 1.30. The highest BCUT2D eigenvalue weighted by Gasteiger charge is 2.15. The summed E-state index contributed by atoms with van der Waals surface area (Å²) < 4.78 is 4.10. The minimum Gasteiger partial charge on any atom is -0.465 e. The molecule has 0 spiro atoms. The van der Waals surface area contributed by atoms with Crippen LogP contribution in [0.5, 0.6) is 0 Å². The van der Waals surface area contributed by atoms with E-state index in [1.54, 1.807) is 78.9 Å². The maximum Gasteiger partial charge on any atom is 0.339 e. The highest BCUT2D eigenvalue weighted by molar-refractivity contribution is 6.63. The number of carbonyl (C=O) groups excluding carboxylic acids is 3. The van der Waals surface area contributed by atoms with Gasteiger partial charge in [0.15, 0.2) is 4.30 Å². The SMILES string of the molecule is COC(=O)c1ccccc1C#Cc1c(NC(=O)c2ccccc2)cccc1NC(=O)c1ccncc1.ClC(Cl)Cl. The molecule has 10 heteroatoms. The van der Waals surface area contributed by atoms with E-state index >= 15 is 0 Å². The third kappa shape index (κ3) is 8.85. The van der Waals surface area contributed by atoms with Crippen LogP contribution in [0.25, 0.3) is 0 Å². The summed E-state index contributed by atoms with van der Waals surface area (Å²) in [6, 6.07) is 23.8. The molecule has 2 amide bonds. The Morgan fingerprint density at radius 1 is 0.725 bits per heavy atom. The Labute approximate surface area is 246 Å². The molecular weight excluding hydrogens is 573 g/mol. The number of anilines is 2. The first-order valence-corrected chi connectivity index (χ1v) is 12.9. The number of pyridine rings is 1. The van der Waals surface area contributed by atoms with Gasteiger partial charge in [0.05, 0.1) is 29.6 Å². The van der Waals surface area contributed by atoms with Crippen molar-refractivity contribution in [2.45, 2.75) is 4.30 Å². The van der Waals surface area contributed by atoms with Crippen LogP contribution in [0, 0.1) is 11.8 Å². The number of aromatic nitrogens is 1. The number of rotatable bonds is 5. The van der Waals surface area contributed by atoms with Crippen molar-refractivity contribution in [3.63, 3.8) is 0 Å². The zero-order valence-corrected chi connectivity index (χ0v) is 23.3. The predicted octanol–water partition coefficient (Wildman–Crippen LogP) is 6.76. The first-order valence-electron chi connectivity index (χ1n) is 11.6. The normalized spacial score (nSPS) is 9.82. The van der Waals surface area contributed by atoms with E-state index < -0.39 is 10.3 Å². The quantitative estimate of drug-likeness (QED) is 0.151. The zero-order chi connectivity index (χ0) is 28.9. The first-order chi connectivity index (χ1) is 19.3. The van der Waals surface area contributed by atoms with E-state index in [1.165, 1.54) is 19.5 Å². The molecule has 0 saturated heterocycles. The molecule has 0 unspecified atom stereocenters. The number of nitrogens with one attached hydrogen (secondary N) is 2. The van der Waals surface area contributed by atoms with Crippen molar-refractivity contribution in [3.05, 3.63) is 125 Å². The van der Waals surface area contributed by atoms with Gasteiger partial charge in [-0.1, -0.05) is 83.0 Å². The molecule has 202 valence electrons. The molecular formula is C30H22Cl3N3O4. The molecule has 0 atom stereocenters. The fourth-order valence-corrected chi connectivity index (χ4v) is 3.39. The van der Waals surface area contributed by atoms with Crippen LogP contribution in [0.15, 0.2) is 97.3 Å². The Morgan fingerprint density at radius 2 is 1.25 bits per heavy atom. The molecule has 3 aromatic carbocycles. The molecule has 0 fully saturated rings. The van der Waals surface area contributed by atoms with Crippen LogP contribution >= 0.6 is 34.8 Å². The Bertz CT molecular complexity index is 1460. The van der Waals surface area contributed by atoms with Crippen molar-refractivity contribution in [1.82, 2.24) is 4.98 Å². The van der Waals surface area contributed by atoms with Gasteiger partial charge in [-0.15, -0.1) is 0 Å². The highest BCUT2D eigenvalue weighted by Crippen LogP contribution is 2.25. The average Bonchev–Trinajstić information content (AvgIpc) is 2.97. The van der Waals surface area contributed by atoms with Gasteiger partial charge < -0.3 is 15.4 Å². The fourth-order valence-electron chi connectivity index (χ4n) is 3.39. The van der Waals surface area contributed by atoms with Crippen LogP contribution < -0.4 is 10.6 Å². The monoisotopic (exact) mass is 593 g/mol. The topological polar surface area (TPSA) is 97.4 Å². The Kier molecular flexibility index (Phi) is 11.5. The van der Waals surface area contributed by atoms with E-state index in [-0.39, 0.29) is 11.8 Å². The van der Waals surface area contributed by atoms with Crippen LogP contribution in [0.4, 0.5) is 11.4 Å². The molecule has 40 heavy (non-hydrogen) atoms. The van der Waals surface area contributed by atoms with Crippen molar-refractivity contribution < 1.29 is 19.1 Å². The summed E-state index contributed by atoms with van der Waals surface area (Å²) in [6.45, 7) is 0. The second-order valence-corrected chi connectivity index (χ2v) is 9.75. The number of carbonyl (C=O) groups is 3. The molecule has 1 aromatic heterocycles. The maximum atomic E-state index is 12.9. The van der Waals surface area contributed by atoms with Gasteiger partial charge in [-0.25, -0.2) is 4.79 Å². The summed E-state index contributed by atoms with van der Waals surface area (Å²) >= 11 is 14.4. The second-order valence-electron chi connectivity index (χ2n) is 7.77. The molecule has 0 radical (unpaired) electrons. The number of methoxy groups -OCH3 is 1. The van der Waals surface area contributed by atoms with E-state index in [0.29, 0.717) is 39.2 Å². The van der Waals surface area contributed by atoms with Crippen LogP contribution in [-0.4, -0.2) is 34.2 Å². The van der Waals surface area contributed by atoms with E-state index in [1.807, 2.05) is 6.07 Å². The smallest absolute Gasteiger partial charge is 0.339 e. The third-order valence-corrected chi connectivity index (χ3v) is 5.19. The van der Waals surface area contributed by atoms with Gasteiger partial charge in [-0.2, -0.15) is 0 Å². The molecule has 0 aliphatic carbocycles. The number of benzene rings is 3. The lowest BCUT2D eigenvalue weighted by Crippen LogP contribution is -2.16. The summed E-state index contributed by atoms with van der Waals surface area (Å²) in [5, 5.41) is 5.72. The predicted molar refractivity (Wildman–Crippen MR) is 158 cm³/mol. The number of esters is 1. The van der Waals surface area contributed by atoms with Gasteiger partial charge in [-0.05, 0) is 48.5 Å². The number of ether oxygens (including phenoxy) is 1. The lowest BCUT2D eigenvalue weighted by atomic mass is 10.1. The minimum absolute atomic E-state index is 0.306. The number of hydrogen-bond donors (Lipinski definition) is 2. The largest absolute Gasteiger partial charge is 0.465 e. The molecule has 4 aromatic rings. The number of halogens is 3. The van der Waals surface area contributed by atoms with Crippen molar-refractivity contribution in [2.75, 3.05) is 17.7 Å². The summed E-state index contributed by atoms with van der Waals surface area (Å²) in [4.78, 5) is 41.8. The lowest BCUT2D eigenvalue weighted by molar-refractivity contribution is 0.0600. The van der Waals surface area contributed by atoms with E-state index in [2.05, 4.69) is 27.5 Å². The van der Waals surface area contributed by atoms with Crippen LogP contribution in [0.2, 0.25) is 0 Å². The van der Waals surface area contributed by atoms with Crippen LogP contribution in [-0.2, 0) is 4.74 Å². The maximum absolute atomic E-state index is 12.9. The Morgan fingerprint density at radius 3 is 1.82 bits per heavy atom. The summed E-state index contributed by atoms with van der Waals surface area (Å²) in [5.74, 6) is 4.82. The van der Waals surface area contributed by atoms with Gasteiger partial charge in [0.25, 0.3) is 11.8 Å². The van der Waals surface area contributed by atoms with Gasteiger partial charge in [-0.3, -0.25) is 14.6 Å². The van der Waals surface area contributed by atoms with Crippen LogP contribution in [0.3, 0.4) is 0 Å². The van der Waals surface area contributed by atoms with E-state index in [0.717, 1.165) is 0 Å². The second kappa shape index (κ2) is 15.3. The molecule has 4 rings (SSSR count). The average molecular weight is 595 g/mol. The first kappa shape index (κ1) is 30.2. The Hall–Kier alpha value is -4.35. The zero-order valence-electron chi connectivity index (χ0n) is 21.0. The van der Waals surface area contributed by atoms with Crippen molar-refractivity contribution >= 4 is 64.0 Å². The van der Waals surface area contributed by atoms with Crippen molar-refractivity contribution in [3.8, 4) is 11.8 Å². The van der Waals surface area contributed by atoms with Crippen LogP contribution in [0.1, 0.15) is 42.2 Å². The molecule has 0 aliphatic rings. The molecule has 2 N–H and O–H groups in total. The minimum atomic E-state index is -0.750. The molecule has 1 heterocycles. The molecule has 0 bridgehead atoms. The lowest BCUT2D eigenvalue weighted by Gasteiger charge is -2.13. The van der Waals surface area contributed by atoms with Gasteiger partial charge in [0, 0.05) is 29.1 Å². The number of amides is 2. The van der Waals surface area contributed by atoms with E-state index in [4.69, 9.17) is 39.5 Å². The number of hydrogen-bond acceptors (Lipinski definition) is 5. The highest BCUT2D eigenvalue weighted by atomic mass is 35.6. The molecule has 0 saturated carbocycles. The van der Waals surface area contributed by atoms with Gasteiger partial charge in [0.1, 0.15) is 0 Å². The van der Waals surface area contributed by atoms with Crippen molar-refractivity contribution in [1.29, 1.82) is 0 Å². The van der Waals surface area contributed by atoms with Gasteiger partial charge >= 0.3 is 5.97 Å².